The van der Waals surface area contributed by atoms with Crippen LogP contribution in [0.25, 0.3) is 27.9 Å². The SMILES string of the molecule is C=N/C(=C\C=C(/C)C(=O)N(C)C)c1cc2nccc(-c3cc(F)c(OC4CCOCC4)c(C#N)c3)c2o1. The Kier molecular flexibility index (Phi) is 7.80. The third-order valence-corrected chi connectivity index (χ3v) is 6.00. The number of ether oxygens (including phenoxy) is 2. The normalized spacial score (nSPS) is 14.9. The summed E-state index contributed by atoms with van der Waals surface area (Å²) in [4.78, 5) is 22.0. The van der Waals surface area contributed by atoms with E-state index in [9.17, 15) is 10.1 Å². The Labute approximate surface area is 214 Å². The van der Waals surface area contributed by atoms with Gasteiger partial charge in [0.1, 0.15) is 23.4 Å². The Morgan fingerprint density at radius 3 is 2.73 bits per heavy atom. The minimum Gasteiger partial charge on any atom is -0.486 e. The smallest absolute Gasteiger partial charge is 0.248 e. The standard InChI is InChI=1S/C28H27FN4O4/c1-17(28(34)33(3)4)5-6-23(31-2)25-15-24-27(37-25)21(7-10-32-24)18-13-19(16-30)26(22(29)14-18)36-20-8-11-35-12-9-20/h5-7,10,13-15,20H,2,8-9,11-12H2,1,3-4H3/b17-5+,23-6-. The zero-order valence-electron chi connectivity index (χ0n) is 21.0. The summed E-state index contributed by atoms with van der Waals surface area (Å²) in [5, 5.41) is 9.73. The number of hydrogen-bond acceptors (Lipinski definition) is 7. The Bertz CT molecular complexity index is 1440. The first-order valence-corrected chi connectivity index (χ1v) is 11.8. The van der Waals surface area contributed by atoms with Gasteiger partial charge in [0.15, 0.2) is 22.9 Å². The van der Waals surface area contributed by atoms with Crippen LogP contribution in [0.5, 0.6) is 5.75 Å². The van der Waals surface area contributed by atoms with Crippen LogP contribution in [0.1, 0.15) is 31.1 Å². The fourth-order valence-electron chi connectivity index (χ4n) is 4.04. The minimum absolute atomic E-state index is 0.0564. The van der Waals surface area contributed by atoms with Crippen molar-refractivity contribution in [1.82, 2.24) is 9.88 Å². The zero-order valence-corrected chi connectivity index (χ0v) is 21.0. The van der Waals surface area contributed by atoms with Crippen LogP contribution in [-0.2, 0) is 9.53 Å². The highest BCUT2D eigenvalue weighted by Gasteiger charge is 2.22. The first-order valence-electron chi connectivity index (χ1n) is 11.8. The molecule has 4 rings (SSSR count). The van der Waals surface area contributed by atoms with Gasteiger partial charge in [-0.25, -0.2) is 4.39 Å². The molecule has 0 aliphatic carbocycles. The van der Waals surface area contributed by atoms with Gasteiger partial charge in [-0.1, -0.05) is 6.08 Å². The molecule has 0 unspecified atom stereocenters. The average molecular weight is 503 g/mol. The van der Waals surface area contributed by atoms with Crippen LogP contribution in [-0.4, -0.2) is 55.9 Å². The Morgan fingerprint density at radius 1 is 1.30 bits per heavy atom. The second-order valence-corrected chi connectivity index (χ2v) is 8.82. The average Bonchev–Trinajstić information content (AvgIpc) is 3.34. The maximum Gasteiger partial charge on any atom is 0.248 e. The molecule has 2 aromatic heterocycles. The number of aliphatic imine (C=N–C) groups is 1. The van der Waals surface area contributed by atoms with Crippen molar-refractivity contribution in [2.24, 2.45) is 4.99 Å². The van der Waals surface area contributed by atoms with Gasteiger partial charge < -0.3 is 18.8 Å². The number of hydrogen-bond donors (Lipinski definition) is 0. The molecule has 0 atom stereocenters. The van der Waals surface area contributed by atoms with Crippen molar-refractivity contribution in [3.05, 3.63) is 65.3 Å². The van der Waals surface area contributed by atoms with Crippen LogP contribution in [0.3, 0.4) is 0 Å². The molecule has 0 N–H and O–H groups in total. The molecular formula is C28H27FN4O4. The minimum atomic E-state index is -0.628. The third kappa shape index (κ3) is 5.60. The number of carbonyl (C=O) groups is 1. The molecule has 8 nitrogen and oxygen atoms in total. The number of nitrogens with zero attached hydrogens (tertiary/aromatic N) is 4. The van der Waals surface area contributed by atoms with Crippen molar-refractivity contribution >= 4 is 29.4 Å². The monoisotopic (exact) mass is 502 g/mol. The van der Waals surface area contributed by atoms with Gasteiger partial charge in [-0.3, -0.25) is 14.8 Å². The number of rotatable bonds is 7. The van der Waals surface area contributed by atoms with E-state index in [1.54, 1.807) is 57.6 Å². The fourth-order valence-corrected chi connectivity index (χ4v) is 4.04. The van der Waals surface area contributed by atoms with E-state index in [1.807, 2.05) is 6.07 Å². The van der Waals surface area contributed by atoms with Crippen LogP contribution < -0.4 is 4.74 Å². The molecule has 1 aliphatic heterocycles. The number of amides is 1. The van der Waals surface area contributed by atoms with Gasteiger partial charge >= 0.3 is 0 Å². The molecule has 0 saturated carbocycles. The van der Waals surface area contributed by atoms with E-state index in [2.05, 4.69) is 16.7 Å². The summed E-state index contributed by atoms with van der Waals surface area (Å²) < 4.78 is 32.4. The number of likely N-dealkylation sites (N-methyl/N-ethyl adjacent to an activating group) is 1. The van der Waals surface area contributed by atoms with Gasteiger partial charge in [-0.05, 0) is 43.5 Å². The Hall–Kier alpha value is -4.29. The van der Waals surface area contributed by atoms with Gasteiger partial charge in [0.2, 0.25) is 5.91 Å². The summed E-state index contributed by atoms with van der Waals surface area (Å²) in [5.74, 6) is -0.435. The van der Waals surface area contributed by atoms with E-state index < -0.39 is 5.82 Å². The number of pyridine rings is 1. The number of halogens is 1. The third-order valence-electron chi connectivity index (χ3n) is 6.00. The number of furan rings is 1. The van der Waals surface area contributed by atoms with Gasteiger partial charge in [0.05, 0.1) is 18.8 Å². The second-order valence-electron chi connectivity index (χ2n) is 8.82. The lowest BCUT2D eigenvalue weighted by Gasteiger charge is -2.24. The first-order chi connectivity index (χ1) is 17.8. The molecule has 1 aromatic carbocycles. The molecule has 1 fully saturated rings. The molecule has 37 heavy (non-hydrogen) atoms. The molecule has 9 heteroatoms. The summed E-state index contributed by atoms with van der Waals surface area (Å²) in [6.07, 6.45) is 5.92. The highest BCUT2D eigenvalue weighted by molar-refractivity contribution is 5.94. The predicted octanol–water partition coefficient (Wildman–Crippen LogP) is 5.14. The molecule has 1 saturated heterocycles. The topological polar surface area (TPSA) is 101 Å². The van der Waals surface area contributed by atoms with Crippen molar-refractivity contribution in [3.63, 3.8) is 0 Å². The van der Waals surface area contributed by atoms with E-state index in [0.717, 1.165) is 0 Å². The lowest BCUT2D eigenvalue weighted by molar-refractivity contribution is -0.124. The Morgan fingerprint density at radius 2 is 2.05 bits per heavy atom. The molecule has 3 aromatic rings. The first kappa shape index (κ1) is 25.8. The summed E-state index contributed by atoms with van der Waals surface area (Å²) >= 11 is 0. The number of nitriles is 1. The summed E-state index contributed by atoms with van der Waals surface area (Å²) in [6.45, 7) is 6.39. The predicted molar refractivity (Wildman–Crippen MR) is 139 cm³/mol. The van der Waals surface area contributed by atoms with Crippen molar-refractivity contribution in [2.45, 2.75) is 25.9 Å². The summed E-state index contributed by atoms with van der Waals surface area (Å²) in [7, 11) is 3.35. The zero-order chi connectivity index (χ0) is 26.5. The highest BCUT2D eigenvalue weighted by atomic mass is 19.1. The van der Waals surface area contributed by atoms with Crippen LogP contribution in [0.2, 0.25) is 0 Å². The van der Waals surface area contributed by atoms with Crippen molar-refractivity contribution in [1.29, 1.82) is 5.26 Å². The van der Waals surface area contributed by atoms with Crippen molar-refractivity contribution < 1.29 is 23.1 Å². The molecule has 190 valence electrons. The van der Waals surface area contributed by atoms with Crippen LogP contribution >= 0.6 is 0 Å². The molecule has 1 amide bonds. The molecule has 0 radical (unpaired) electrons. The molecule has 0 spiro atoms. The van der Waals surface area contributed by atoms with Crippen molar-refractivity contribution in [2.75, 3.05) is 27.3 Å². The van der Waals surface area contributed by atoms with Gasteiger partial charge in [0, 0.05) is 50.3 Å². The van der Waals surface area contributed by atoms with Gasteiger partial charge in [-0.2, -0.15) is 5.26 Å². The quantitative estimate of drug-likeness (QED) is 0.252. The molecular weight excluding hydrogens is 475 g/mol. The van der Waals surface area contributed by atoms with Crippen LogP contribution in [0, 0.1) is 17.1 Å². The van der Waals surface area contributed by atoms with Gasteiger partial charge in [0.25, 0.3) is 0 Å². The lowest BCUT2D eigenvalue weighted by atomic mass is 10.0. The molecule has 3 heterocycles. The second kappa shape index (κ2) is 11.2. The largest absolute Gasteiger partial charge is 0.486 e. The van der Waals surface area contributed by atoms with Crippen LogP contribution in [0.15, 0.2) is 57.6 Å². The summed E-state index contributed by atoms with van der Waals surface area (Å²) in [5.41, 5.74) is 2.95. The number of fused-ring (bicyclic) bond motifs is 1. The maximum absolute atomic E-state index is 15.2. The van der Waals surface area contributed by atoms with E-state index in [-0.39, 0.29) is 23.3 Å². The fraction of sp³-hybridized carbons (Fsp3) is 0.286. The Balaban J connectivity index is 1.72. The van der Waals surface area contributed by atoms with Crippen LogP contribution in [0.4, 0.5) is 4.39 Å². The number of benzene rings is 1. The maximum atomic E-state index is 15.2. The highest BCUT2D eigenvalue weighted by Crippen LogP contribution is 2.36. The van der Waals surface area contributed by atoms with E-state index in [0.29, 0.717) is 65.3 Å². The number of allylic oxidation sites excluding steroid dienone is 2. The number of carbonyl (C=O) groups excluding carboxylic acids is 1. The lowest BCUT2D eigenvalue weighted by Crippen LogP contribution is -2.26. The van der Waals surface area contributed by atoms with Crippen molar-refractivity contribution in [3.8, 4) is 22.9 Å². The van der Waals surface area contributed by atoms with E-state index in [1.165, 1.54) is 11.0 Å². The van der Waals surface area contributed by atoms with E-state index in [4.69, 9.17) is 13.9 Å². The molecule has 0 bridgehead atoms. The molecule has 1 aliphatic rings. The number of aromatic nitrogens is 1. The van der Waals surface area contributed by atoms with E-state index >= 15 is 4.39 Å². The summed E-state index contributed by atoms with van der Waals surface area (Å²) in [6, 6.07) is 8.34. The van der Waals surface area contributed by atoms with Gasteiger partial charge in [-0.15, -0.1) is 0 Å².